The van der Waals surface area contributed by atoms with Crippen molar-refractivity contribution in [3.8, 4) is 0 Å². The van der Waals surface area contributed by atoms with Gasteiger partial charge in [0.25, 0.3) is 0 Å². The monoisotopic (exact) mass is 1000 g/mol. The standard InChI is InChI=1S/C49H68N12O11/c1-26(2)17-36(39(62)21-42(65)66)59-48(71)38(20-31-23-52-25-55-31)57-41(64)24-54-49(72)43(27(3)4)61-44(67)28(5)56-47(70)37(19-30-22-53-34-14-10-9-13-32(30)34)60-46(69)35(15-16-40(51)63)58-45(68)33(50)18-29-11-7-6-8-12-29/h6-14,22-23,25-28,33,35-39,43,53,62H,15-21,24,50H2,1-5H3,(H2,51,63)(H,52,55)(H,54,72)(H,56,70)(H,57,64)(H,58,68)(H,59,71)(H,60,69)(H,61,67)(H,65,66)/t28-,33+,35-,36-,37-,38-,39-,43-/m0/s1. The highest BCUT2D eigenvalue weighted by molar-refractivity contribution is 5.97. The molecular weight excluding hydrogens is 933 g/mol. The molecule has 0 aliphatic rings. The second-order valence-corrected chi connectivity index (χ2v) is 18.5. The molecule has 4 rings (SSSR count). The zero-order valence-electron chi connectivity index (χ0n) is 41.0. The van der Waals surface area contributed by atoms with Crippen LogP contribution in [0.4, 0.5) is 0 Å². The number of hydrogen-bond donors (Lipinski definition) is 13. The van der Waals surface area contributed by atoms with E-state index in [0.717, 1.165) is 16.5 Å². The molecule has 8 amide bonds. The number of carboxylic acid groups (broad SMARTS) is 1. The topological polar surface area (TPSA) is 375 Å². The molecule has 0 unspecified atom stereocenters. The van der Waals surface area contributed by atoms with Crippen molar-refractivity contribution in [3.05, 3.63) is 90.1 Å². The van der Waals surface area contributed by atoms with Crippen LogP contribution >= 0.6 is 0 Å². The number of nitrogens with zero attached hydrogens (tertiary/aromatic N) is 1. The molecule has 0 aliphatic heterocycles. The fourth-order valence-corrected chi connectivity index (χ4v) is 7.76. The van der Waals surface area contributed by atoms with Gasteiger partial charge in [0, 0.05) is 48.3 Å². The predicted molar refractivity (Wildman–Crippen MR) is 264 cm³/mol. The number of rotatable bonds is 29. The molecule has 390 valence electrons. The van der Waals surface area contributed by atoms with Crippen molar-refractivity contribution in [2.75, 3.05) is 6.54 Å². The molecule has 23 heteroatoms. The summed E-state index contributed by atoms with van der Waals surface area (Å²) in [4.78, 5) is 129. The van der Waals surface area contributed by atoms with E-state index in [1.165, 1.54) is 19.4 Å². The lowest BCUT2D eigenvalue weighted by molar-refractivity contribution is -0.140. The molecule has 15 N–H and O–H groups in total. The third-order valence-electron chi connectivity index (χ3n) is 11.6. The van der Waals surface area contributed by atoms with E-state index in [1.54, 1.807) is 50.4 Å². The van der Waals surface area contributed by atoms with Gasteiger partial charge in [-0.05, 0) is 55.2 Å². The molecule has 0 saturated heterocycles. The predicted octanol–water partition coefficient (Wildman–Crippen LogP) is -0.906. The van der Waals surface area contributed by atoms with Crippen molar-refractivity contribution in [1.29, 1.82) is 0 Å². The fraction of sp³-hybridized carbons (Fsp3) is 0.469. The average molecular weight is 1000 g/mol. The van der Waals surface area contributed by atoms with Crippen LogP contribution in [-0.2, 0) is 62.4 Å². The first-order valence-corrected chi connectivity index (χ1v) is 23.7. The number of carbonyl (C=O) groups is 9. The number of aliphatic hydroxyl groups is 1. The number of imidazole rings is 1. The summed E-state index contributed by atoms with van der Waals surface area (Å²) < 4.78 is 0. The quantitative estimate of drug-likeness (QED) is 0.0314. The number of nitrogens with one attached hydrogen (secondary N) is 9. The summed E-state index contributed by atoms with van der Waals surface area (Å²) in [5.41, 5.74) is 14.2. The van der Waals surface area contributed by atoms with Crippen molar-refractivity contribution in [1.82, 2.24) is 52.2 Å². The summed E-state index contributed by atoms with van der Waals surface area (Å²) in [6, 6.07) is 7.72. The zero-order chi connectivity index (χ0) is 53.1. The Hall–Kier alpha value is -7.66. The van der Waals surface area contributed by atoms with Crippen LogP contribution in [0.2, 0.25) is 0 Å². The summed E-state index contributed by atoms with van der Waals surface area (Å²) in [5, 5.41) is 38.8. The van der Waals surface area contributed by atoms with E-state index in [2.05, 4.69) is 52.2 Å². The average Bonchev–Trinajstić information content (AvgIpc) is 4.00. The van der Waals surface area contributed by atoms with Crippen LogP contribution in [0.25, 0.3) is 10.9 Å². The van der Waals surface area contributed by atoms with E-state index >= 15 is 0 Å². The van der Waals surface area contributed by atoms with Crippen LogP contribution in [-0.4, -0.2) is 133 Å². The zero-order valence-corrected chi connectivity index (χ0v) is 41.0. The van der Waals surface area contributed by atoms with E-state index in [-0.39, 0.29) is 44.4 Å². The van der Waals surface area contributed by atoms with Gasteiger partial charge in [0.15, 0.2) is 0 Å². The minimum absolute atomic E-state index is 0.0400. The second-order valence-electron chi connectivity index (χ2n) is 18.5. The summed E-state index contributed by atoms with van der Waals surface area (Å²) in [6.07, 6.45) is 2.16. The van der Waals surface area contributed by atoms with E-state index in [9.17, 15) is 53.4 Å². The number of fused-ring (bicyclic) bond motifs is 1. The Morgan fingerprint density at radius 1 is 0.694 bits per heavy atom. The maximum atomic E-state index is 14.1. The SMILES string of the molecule is CC(C)C[C@H](NC(=O)[C@H](Cc1cnc[nH]1)NC(=O)CNC(=O)[C@@H](NC(=O)[C@H](C)NC(=O)[C@H](Cc1c[nH]c2ccccc12)NC(=O)[C@H](CCC(N)=O)NC(=O)[C@H](N)Cc1ccccc1)C(C)C)[C@@H](O)CC(=O)O. The summed E-state index contributed by atoms with van der Waals surface area (Å²) in [6.45, 7) is 7.67. The van der Waals surface area contributed by atoms with Gasteiger partial charge in [-0.2, -0.15) is 0 Å². The first kappa shape index (κ1) is 56.9. The molecule has 0 saturated carbocycles. The third-order valence-corrected chi connectivity index (χ3v) is 11.6. The number of H-pyrrole nitrogens is 2. The smallest absolute Gasteiger partial charge is 0.306 e. The van der Waals surface area contributed by atoms with Crippen LogP contribution in [0.5, 0.6) is 0 Å². The number of primary amides is 1. The Kier molecular flexibility index (Phi) is 21.9. The lowest BCUT2D eigenvalue weighted by atomic mass is 9.96. The van der Waals surface area contributed by atoms with Gasteiger partial charge < -0.3 is 68.9 Å². The van der Waals surface area contributed by atoms with Gasteiger partial charge in [-0.15, -0.1) is 0 Å². The Labute approximate surface area is 416 Å². The highest BCUT2D eigenvalue weighted by Gasteiger charge is 2.33. The number of benzene rings is 2. The molecule has 72 heavy (non-hydrogen) atoms. The molecule has 0 radical (unpaired) electrons. The number of para-hydroxylation sites is 1. The summed E-state index contributed by atoms with van der Waals surface area (Å²) in [7, 11) is 0. The molecule has 0 bridgehead atoms. The maximum absolute atomic E-state index is 14.1. The van der Waals surface area contributed by atoms with Crippen LogP contribution < -0.4 is 48.7 Å². The van der Waals surface area contributed by atoms with Crippen LogP contribution in [0.15, 0.2) is 73.3 Å². The molecular formula is C49H68N12O11. The van der Waals surface area contributed by atoms with Gasteiger partial charge in [0.2, 0.25) is 47.3 Å². The molecule has 0 fully saturated rings. The number of aromatic nitrogens is 3. The Morgan fingerprint density at radius 2 is 1.33 bits per heavy atom. The van der Waals surface area contributed by atoms with Crippen LogP contribution in [0.3, 0.4) is 0 Å². The molecule has 2 aromatic carbocycles. The minimum Gasteiger partial charge on any atom is -0.481 e. The van der Waals surface area contributed by atoms with Gasteiger partial charge in [-0.25, -0.2) is 4.98 Å². The second kappa shape index (κ2) is 27.7. The first-order chi connectivity index (χ1) is 34.1. The number of aliphatic carboxylic acids is 1. The highest BCUT2D eigenvalue weighted by Crippen LogP contribution is 2.20. The Morgan fingerprint density at radius 3 is 1.97 bits per heavy atom. The van der Waals surface area contributed by atoms with Crippen molar-refractivity contribution in [3.63, 3.8) is 0 Å². The lowest BCUT2D eigenvalue weighted by Gasteiger charge is -2.28. The molecule has 0 spiro atoms. The van der Waals surface area contributed by atoms with Crippen LogP contribution in [0, 0.1) is 11.8 Å². The molecule has 2 heterocycles. The van der Waals surface area contributed by atoms with Gasteiger partial charge >= 0.3 is 5.97 Å². The number of aliphatic hydroxyl groups excluding tert-OH is 1. The third kappa shape index (κ3) is 18.3. The van der Waals surface area contributed by atoms with Crippen LogP contribution in [0.1, 0.15) is 77.1 Å². The first-order valence-electron chi connectivity index (χ1n) is 23.7. The van der Waals surface area contributed by atoms with Gasteiger partial charge in [-0.3, -0.25) is 43.2 Å². The Bertz CT molecular complexity index is 2480. The van der Waals surface area contributed by atoms with Gasteiger partial charge in [-0.1, -0.05) is 76.2 Å². The van der Waals surface area contributed by atoms with Crippen molar-refractivity contribution >= 4 is 64.1 Å². The maximum Gasteiger partial charge on any atom is 0.306 e. The fourth-order valence-electron chi connectivity index (χ4n) is 7.76. The number of hydrogen-bond acceptors (Lipinski definition) is 12. The van der Waals surface area contributed by atoms with Gasteiger partial charge in [0.05, 0.1) is 37.5 Å². The van der Waals surface area contributed by atoms with Gasteiger partial charge in [0.1, 0.15) is 30.2 Å². The number of amides is 8. The molecule has 0 aliphatic carbocycles. The summed E-state index contributed by atoms with van der Waals surface area (Å²) >= 11 is 0. The lowest BCUT2D eigenvalue weighted by Crippen LogP contribution is -2.59. The number of carboxylic acids is 1. The molecule has 2 aromatic heterocycles. The summed E-state index contributed by atoms with van der Waals surface area (Å²) in [5.74, 6) is -7.98. The normalized spacial score (nSPS) is 14.6. The molecule has 4 aromatic rings. The van der Waals surface area contributed by atoms with E-state index in [0.29, 0.717) is 11.3 Å². The minimum atomic E-state index is -1.42. The number of nitrogens with two attached hydrogens (primary N) is 2. The Balaban J connectivity index is 1.44. The van der Waals surface area contributed by atoms with E-state index in [4.69, 9.17) is 11.5 Å². The number of carbonyl (C=O) groups excluding carboxylic acids is 8. The number of aromatic amines is 2. The van der Waals surface area contributed by atoms with Crippen molar-refractivity contribution < 1.29 is 53.4 Å². The molecule has 23 nitrogen and oxygen atoms in total. The van der Waals surface area contributed by atoms with Crippen molar-refractivity contribution in [2.24, 2.45) is 23.3 Å². The van der Waals surface area contributed by atoms with E-state index in [1.807, 2.05) is 38.1 Å². The van der Waals surface area contributed by atoms with Crippen molar-refractivity contribution in [2.45, 2.75) is 128 Å². The highest BCUT2D eigenvalue weighted by atomic mass is 16.4. The molecule has 8 atom stereocenters. The van der Waals surface area contributed by atoms with E-state index < -0.39 is 121 Å². The largest absolute Gasteiger partial charge is 0.481 e.